The van der Waals surface area contributed by atoms with Gasteiger partial charge < -0.3 is 5.32 Å². The highest BCUT2D eigenvalue weighted by molar-refractivity contribution is 5.78. The highest BCUT2D eigenvalue weighted by Gasteiger charge is 2.28. The number of fused-ring (bicyclic) bond motifs is 1. The fourth-order valence-corrected chi connectivity index (χ4v) is 2.94. The summed E-state index contributed by atoms with van der Waals surface area (Å²) in [5.41, 5.74) is 8.62. The molecule has 0 saturated carbocycles. The SMILES string of the molecule is CC1=C(C)C(NC(C)C)c2cc(C)cc(C)c21. The van der Waals surface area contributed by atoms with Crippen molar-refractivity contribution in [2.24, 2.45) is 0 Å². The Labute approximate surface area is 105 Å². The molecule has 17 heavy (non-hydrogen) atoms. The Bertz CT molecular complexity index is 481. The van der Waals surface area contributed by atoms with Gasteiger partial charge in [0.25, 0.3) is 0 Å². The van der Waals surface area contributed by atoms with Gasteiger partial charge in [0.2, 0.25) is 0 Å². The monoisotopic (exact) mass is 229 g/mol. The zero-order chi connectivity index (χ0) is 12.7. The van der Waals surface area contributed by atoms with Crippen molar-refractivity contribution in [2.75, 3.05) is 0 Å². The molecule has 1 atom stereocenters. The predicted octanol–water partition coefficient (Wildman–Crippen LogP) is 4.15. The van der Waals surface area contributed by atoms with Crippen molar-refractivity contribution < 1.29 is 0 Å². The summed E-state index contributed by atoms with van der Waals surface area (Å²) >= 11 is 0. The molecule has 0 radical (unpaired) electrons. The van der Waals surface area contributed by atoms with E-state index in [9.17, 15) is 0 Å². The molecule has 1 nitrogen and oxygen atoms in total. The molecule has 1 aliphatic rings. The predicted molar refractivity (Wildman–Crippen MR) is 75.2 cm³/mol. The lowest BCUT2D eigenvalue weighted by atomic mass is 9.96. The van der Waals surface area contributed by atoms with Gasteiger partial charge in [-0.25, -0.2) is 0 Å². The second-order valence-corrected chi connectivity index (χ2v) is 5.61. The molecule has 0 bridgehead atoms. The Balaban J connectivity index is 2.55. The van der Waals surface area contributed by atoms with E-state index in [-0.39, 0.29) is 0 Å². The Morgan fingerprint density at radius 3 is 2.29 bits per heavy atom. The topological polar surface area (TPSA) is 12.0 Å². The van der Waals surface area contributed by atoms with Gasteiger partial charge in [-0.2, -0.15) is 0 Å². The van der Waals surface area contributed by atoms with Crippen LogP contribution >= 0.6 is 0 Å². The van der Waals surface area contributed by atoms with Gasteiger partial charge >= 0.3 is 0 Å². The van der Waals surface area contributed by atoms with Crippen LogP contribution in [0.4, 0.5) is 0 Å². The summed E-state index contributed by atoms with van der Waals surface area (Å²) in [5, 5.41) is 3.67. The maximum Gasteiger partial charge on any atom is 0.0547 e. The summed E-state index contributed by atoms with van der Waals surface area (Å²) in [7, 11) is 0. The van der Waals surface area contributed by atoms with Gasteiger partial charge in [-0.15, -0.1) is 0 Å². The number of benzene rings is 1. The standard InChI is InChI=1S/C16H23N/c1-9(2)17-16-13(6)12(5)15-11(4)7-10(3)8-14(15)16/h7-9,16-17H,1-6H3. The Kier molecular flexibility index (Phi) is 3.13. The molecule has 0 aromatic heterocycles. The largest absolute Gasteiger partial charge is 0.304 e. The first-order valence-corrected chi connectivity index (χ1v) is 6.46. The number of hydrogen-bond acceptors (Lipinski definition) is 1. The highest BCUT2D eigenvalue weighted by atomic mass is 14.9. The van der Waals surface area contributed by atoms with Crippen molar-refractivity contribution >= 4 is 5.57 Å². The van der Waals surface area contributed by atoms with E-state index in [1.807, 2.05) is 0 Å². The molecule has 1 unspecified atom stereocenters. The average Bonchev–Trinajstić information content (AvgIpc) is 2.42. The molecule has 0 saturated heterocycles. The van der Waals surface area contributed by atoms with Crippen LogP contribution in [0, 0.1) is 13.8 Å². The molecular formula is C16H23N. The quantitative estimate of drug-likeness (QED) is 0.803. The van der Waals surface area contributed by atoms with E-state index >= 15 is 0 Å². The molecular weight excluding hydrogens is 206 g/mol. The van der Waals surface area contributed by atoms with Crippen LogP contribution in [-0.2, 0) is 0 Å². The summed E-state index contributed by atoms with van der Waals surface area (Å²) in [6.07, 6.45) is 0. The number of hydrogen-bond donors (Lipinski definition) is 1. The van der Waals surface area contributed by atoms with Crippen LogP contribution in [0.5, 0.6) is 0 Å². The zero-order valence-corrected chi connectivity index (χ0v) is 11.8. The second kappa shape index (κ2) is 4.30. The minimum atomic E-state index is 0.406. The minimum absolute atomic E-state index is 0.406. The summed E-state index contributed by atoms with van der Waals surface area (Å²) in [4.78, 5) is 0. The first kappa shape index (κ1) is 12.4. The van der Waals surface area contributed by atoms with Gasteiger partial charge in [0.15, 0.2) is 0 Å². The number of rotatable bonds is 2. The molecule has 1 aromatic rings. The molecule has 92 valence electrons. The van der Waals surface area contributed by atoms with E-state index in [2.05, 4.69) is 59.0 Å². The third-order valence-corrected chi connectivity index (χ3v) is 3.72. The van der Waals surface area contributed by atoms with E-state index in [4.69, 9.17) is 0 Å². The Morgan fingerprint density at radius 1 is 1.06 bits per heavy atom. The molecule has 1 heteroatoms. The van der Waals surface area contributed by atoms with Crippen molar-refractivity contribution in [3.63, 3.8) is 0 Å². The zero-order valence-electron chi connectivity index (χ0n) is 11.8. The van der Waals surface area contributed by atoms with E-state index < -0.39 is 0 Å². The molecule has 0 spiro atoms. The van der Waals surface area contributed by atoms with E-state index in [0.29, 0.717) is 12.1 Å². The molecule has 1 N–H and O–H groups in total. The molecule has 0 heterocycles. The Morgan fingerprint density at radius 2 is 1.71 bits per heavy atom. The van der Waals surface area contributed by atoms with Crippen LogP contribution in [-0.4, -0.2) is 6.04 Å². The molecule has 0 amide bonds. The lowest BCUT2D eigenvalue weighted by molar-refractivity contribution is 0.527. The van der Waals surface area contributed by atoms with Gasteiger partial charge in [0.05, 0.1) is 6.04 Å². The van der Waals surface area contributed by atoms with Gasteiger partial charge in [-0.3, -0.25) is 0 Å². The molecule has 1 aliphatic carbocycles. The summed E-state index contributed by atoms with van der Waals surface area (Å²) in [6.45, 7) is 13.3. The van der Waals surface area contributed by atoms with Crippen molar-refractivity contribution in [3.05, 3.63) is 40.0 Å². The van der Waals surface area contributed by atoms with Crippen LogP contribution in [0.25, 0.3) is 5.57 Å². The van der Waals surface area contributed by atoms with Crippen LogP contribution in [0.3, 0.4) is 0 Å². The van der Waals surface area contributed by atoms with E-state index in [1.54, 1.807) is 0 Å². The first-order valence-electron chi connectivity index (χ1n) is 6.46. The van der Waals surface area contributed by atoms with Gasteiger partial charge in [-0.05, 0) is 69.4 Å². The van der Waals surface area contributed by atoms with Crippen LogP contribution in [0.2, 0.25) is 0 Å². The van der Waals surface area contributed by atoms with Crippen LogP contribution in [0.15, 0.2) is 17.7 Å². The number of aryl methyl sites for hydroxylation is 2. The molecule has 1 aromatic carbocycles. The molecule has 2 rings (SSSR count). The Hall–Kier alpha value is -1.08. The molecule has 0 aliphatic heterocycles. The van der Waals surface area contributed by atoms with Gasteiger partial charge in [0.1, 0.15) is 0 Å². The lowest BCUT2D eigenvalue weighted by Crippen LogP contribution is -2.27. The number of allylic oxidation sites excluding steroid dienone is 1. The van der Waals surface area contributed by atoms with Gasteiger partial charge in [0, 0.05) is 6.04 Å². The maximum absolute atomic E-state index is 3.67. The fraction of sp³-hybridized carbons (Fsp3) is 0.500. The van der Waals surface area contributed by atoms with E-state index in [1.165, 1.54) is 33.4 Å². The number of nitrogens with one attached hydrogen (secondary N) is 1. The van der Waals surface area contributed by atoms with Crippen molar-refractivity contribution in [2.45, 2.75) is 53.6 Å². The van der Waals surface area contributed by atoms with Crippen LogP contribution in [0.1, 0.15) is 56.0 Å². The second-order valence-electron chi connectivity index (χ2n) is 5.61. The van der Waals surface area contributed by atoms with Crippen molar-refractivity contribution in [3.8, 4) is 0 Å². The summed E-state index contributed by atoms with van der Waals surface area (Å²) in [5.74, 6) is 0. The van der Waals surface area contributed by atoms with Crippen molar-refractivity contribution in [1.29, 1.82) is 0 Å². The third kappa shape index (κ3) is 2.04. The highest BCUT2D eigenvalue weighted by Crippen LogP contribution is 2.42. The van der Waals surface area contributed by atoms with E-state index in [0.717, 1.165) is 0 Å². The van der Waals surface area contributed by atoms with Gasteiger partial charge in [-0.1, -0.05) is 17.7 Å². The minimum Gasteiger partial charge on any atom is -0.304 e. The maximum atomic E-state index is 3.67. The summed E-state index contributed by atoms with van der Waals surface area (Å²) in [6, 6.07) is 5.54. The normalized spacial score (nSPS) is 19.1. The first-order chi connectivity index (χ1) is 7.91. The summed E-state index contributed by atoms with van der Waals surface area (Å²) < 4.78 is 0. The molecule has 0 fully saturated rings. The van der Waals surface area contributed by atoms with Crippen LogP contribution < -0.4 is 5.32 Å². The van der Waals surface area contributed by atoms with Crippen molar-refractivity contribution in [1.82, 2.24) is 5.32 Å². The lowest BCUT2D eigenvalue weighted by Gasteiger charge is -2.20. The smallest absolute Gasteiger partial charge is 0.0547 e. The fourth-order valence-electron chi connectivity index (χ4n) is 2.94. The average molecular weight is 229 g/mol. The third-order valence-electron chi connectivity index (χ3n) is 3.72.